The third-order valence-corrected chi connectivity index (χ3v) is 6.74. The first kappa shape index (κ1) is 21.0. The lowest BCUT2D eigenvalue weighted by molar-refractivity contribution is 0.196. The van der Waals surface area contributed by atoms with Crippen LogP contribution in [0.5, 0.6) is 5.75 Å². The maximum absolute atomic E-state index is 6.08. The quantitative estimate of drug-likeness (QED) is 0.357. The number of aromatic nitrogens is 2. The highest BCUT2D eigenvalue weighted by molar-refractivity contribution is 6.30. The van der Waals surface area contributed by atoms with Gasteiger partial charge in [-0.05, 0) is 74.3 Å². The molecule has 1 fully saturated rings. The van der Waals surface area contributed by atoms with Gasteiger partial charge in [-0.25, -0.2) is 0 Å². The molecule has 1 atom stereocenters. The zero-order chi connectivity index (χ0) is 22.1. The highest BCUT2D eigenvalue weighted by atomic mass is 35.5. The van der Waals surface area contributed by atoms with Crippen LogP contribution in [0.3, 0.4) is 0 Å². The Bertz CT molecular complexity index is 1230. The molecule has 3 heterocycles. The molecule has 0 amide bonds. The van der Waals surface area contributed by atoms with Gasteiger partial charge >= 0.3 is 0 Å². The molecule has 4 nitrogen and oxygen atoms in total. The van der Waals surface area contributed by atoms with Crippen LogP contribution >= 0.6 is 11.6 Å². The topological polar surface area (TPSA) is 30.3 Å². The van der Waals surface area contributed by atoms with Crippen molar-refractivity contribution in [3.8, 4) is 28.0 Å². The number of benzene rings is 2. The number of hydrogen-bond acceptors (Lipinski definition) is 3. The van der Waals surface area contributed by atoms with Crippen molar-refractivity contribution < 1.29 is 4.74 Å². The van der Waals surface area contributed by atoms with Crippen LogP contribution in [-0.4, -0.2) is 41.7 Å². The van der Waals surface area contributed by atoms with E-state index in [4.69, 9.17) is 16.3 Å². The smallest absolute Gasteiger partial charge is 0.119 e. The summed E-state index contributed by atoms with van der Waals surface area (Å²) in [6.07, 6.45) is 8.70. The molecule has 0 spiro atoms. The normalized spacial score (nSPS) is 17.0. The molecule has 1 saturated heterocycles. The zero-order valence-electron chi connectivity index (χ0n) is 18.6. The Balaban J connectivity index is 1.57. The van der Waals surface area contributed by atoms with Gasteiger partial charge in [-0.3, -0.25) is 4.98 Å². The van der Waals surface area contributed by atoms with Crippen LogP contribution in [0.2, 0.25) is 5.02 Å². The number of rotatable bonds is 5. The number of methoxy groups -OCH3 is 1. The third-order valence-electron chi connectivity index (χ3n) is 6.49. The van der Waals surface area contributed by atoms with Crippen molar-refractivity contribution in [2.24, 2.45) is 5.92 Å². The molecule has 2 aromatic carbocycles. The number of nitrogens with zero attached hydrogens (tertiary/aromatic N) is 3. The first-order valence-electron chi connectivity index (χ1n) is 11.2. The maximum atomic E-state index is 6.08. The summed E-state index contributed by atoms with van der Waals surface area (Å²) in [5.74, 6) is 1.54. The Morgan fingerprint density at radius 3 is 2.62 bits per heavy atom. The zero-order valence-corrected chi connectivity index (χ0v) is 19.3. The summed E-state index contributed by atoms with van der Waals surface area (Å²) in [6, 6.07) is 16.5. The Kier molecular flexibility index (Phi) is 5.90. The van der Waals surface area contributed by atoms with Gasteiger partial charge in [0.15, 0.2) is 0 Å². The highest BCUT2D eigenvalue weighted by Crippen LogP contribution is 2.35. The first-order chi connectivity index (χ1) is 15.6. The van der Waals surface area contributed by atoms with Crippen LogP contribution in [0, 0.1) is 5.92 Å². The Labute approximate surface area is 194 Å². The maximum Gasteiger partial charge on any atom is 0.119 e. The summed E-state index contributed by atoms with van der Waals surface area (Å²) >= 11 is 6.08. The van der Waals surface area contributed by atoms with Crippen LogP contribution in [0.25, 0.3) is 33.2 Å². The van der Waals surface area contributed by atoms with Crippen LogP contribution in [0.15, 0.2) is 67.1 Å². The van der Waals surface area contributed by atoms with Crippen molar-refractivity contribution in [2.75, 3.05) is 27.2 Å². The molecular formula is C27H28ClN3O. The number of pyridine rings is 1. The number of halogens is 1. The predicted molar refractivity (Wildman–Crippen MR) is 132 cm³/mol. The van der Waals surface area contributed by atoms with Gasteiger partial charge in [0.1, 0.15) is 5.75 Å². The van der Waals surface area contributed by atoms with Crippen molar-refractivity contribution in [1.82, 2.24) is 14.5 Å². The van der Waals surface area contributed by atoms with Crippen molar-refractivity contribution in [2.45, 2.75) is 19.4 Å². The second-order valence-corrected chi connectivity index (χ2v) is 9.25. The molecule has 1 aliphatic rings. The second-order valence-electron chi connectivity index (χ2n) is 8.82. The van der Waals surface area contributed by atoms with Gasteiger partial charge in [0.2, 0.25) is 0 Å². The summed E-state index contributed by atoms with van der Waals surface area (Å²) in [5.41, 5.74) is 5.72. The lowest BCUT2D eigenvalue weighted by Crippen LogP contribution is -2.33. The van der Waals surface area contributed by atoms with Gasteiger partial charge in [0.05, 0.1) is 7.11 Å². The van der Waals surface area contributed by atoms with Crippen LogP contribution < -0.4 is 4.74 Å². The minimum atomic E-state index is 0.665. The molecule has 2 aromatic heterocycles. The fraction of sp³-hybridized carbons (Fsp3) is 0.296. The average molecular weight is 446 g/mol. The summed E-state index contributed by atoms with van der Waals surface area (Å²) in [6.45, 7) is 3.38. The molecule has 1 aliphatic heterocycles. The molecule has 0 aliphatic carbocycles. The van der Waals surface area contributed by atoms with E-state index in [0.717, 1.165) is 40.6 Å². The Morgan fingerprint density at radius 1 is 1.03 bits per heavy atom. The van der Waals surface area contributed by atoms with E-state index < -0.39 is 0 Å². The molecule has 4 aromatic rings. The summed E-state index contributed by atoms with van der Waals surface area (Å²) in [5, 5.41) is 1.94. The minimum Gasteiger partial charge on any atom is -0.497 e. The average Bonchev–Trinajstić information content (AvgIpc) is 3.17. The Hall–Kier alpha value is -2.82. The monoisotopic (exact) mass is 445 g/mol. The van der Waals surface area contributed by atoms with Gasteiger partial charge in [0, 0.05) is 64.3 Å². The van der Waals surface area contributed by atoms with Crippen molar-refractivity contribution in [3.05, 3.63) is 72.1 Å². The lowest BCUT2D eigenvalue weighted by atomic mass is 9.98. The van der Waals surface area contributed by atoms with Crippen molar-refractivity contribution >= 4 is 22.5 Å². The van der Waals surface area contributed by atoms with E-state index in [9.17, 15) is 0 Å². The van der Waals surface area contributed by atoms with Crippen LogP contribution in [-0.2, 0) is 6.54 Å². The minimum absolute atomic E-state index is 0.665. The van der Waals surface area contributed by atoms with E-state index in [-0.39, 0.29) is 0 Å². The van der Waals surface area contributed by atoms with E-state index >= 15 is 0 Å². The largest absolute Gasteiger partial charge is 0.497 e. The fourth-order valence-corrected chi connectivity index (χ4v) is 5.00. The number of piperidine rings is 1. The number of ether oxygens (including phenoxy) is 1. The van der Waals surface area contributed by atoms with E-state index in [1.54, 1.807) is 7.11 Å². The van der Waals surface area contributed by atoms with Gasteiger partial charge < -0.3 is 14.2 Å². The molecule has 1 unspecified atom stereocenters. The standard InChI is InChI=1S/C27H28ClN3O/c1-30-11-3-4-19(16-30)17-31-18-26(25-13-24(32-2)9-10-27(25)31)22-12-21(14-29-15-22)20-5-7-23(28)8-6-20/h5-10,12-15,18-19H,3-4,11,16-17H2,1-2H3. The van der Waals surface area contributed by atoms with E-state index in [0.29, 0.717) is 5.92 Å². The highest BCUT2D eigenvalue weighted by Gasteiger charge is 2.20. The van der Waals surface area contributed by atoms with Crippen LogP contribution in [0.1, 0.15) is 12.8 Å². The third kappa shape index (κ3) is 4.25. The number of likely N-dealkylation sites (tertiary alicyclic amines) is 1. The second kappa shape index (κ2) is 8.97. The summed E-state index contributed by atoms with van der Waals surface area (Å²) in [4.78, 5) is 7.01. The number of fused-ring (bicyclic) bond motifs is 1. The van der Waals surface area contributed by atoms with Gasteiger partial charge in [-0.1, -0.05) is 23.7 Å². The molecule has 5 rings (SSSR count). The number of hydrogen-bond donors (Lipinski definition) is 0. The molecule has 5 heteroatoms. The molecule has 32 heavy (non-hydrogen) atoms. The Morgan fingerprint density at radius 2 is 1.84 bits per heavy atom. The van der Waals surface area contributed by atoms with E-state index in [1.165, 1.54) is 35.9 Å². The molecule has 164 valence electrons. The predicted octanol–water partition coefficient (Wildman–Crippen LogP) is 6.37. The molecular weight excluding hydrogens is 418 g/mol. The van der Waals surface area contributed by atoms with E-state index in [2.05, 4.69) is 52.0 Å². The molecule has 0 radical (unpaired) electrons. The van der Waals surface area contributed by atoms with Gasteiger partial charge in [0.25, 0.3) is 0 Å². The van der Waals surface area contributed by atoms with E-state index in [1.807, 2.05) is 36.7 Å². The molecule has 0 N–H and O–H groups in total. The molecule has 0 saturated carbocycles. The lowest BCUT2D eigenvalue weighted by Gasteiger charge is -2.30. The molecule has 0 bridgehead atoms. The summed E-state index contributed by atoms with van der Waals surface area (Å²) < 4.78 is 7.97. The van der Waals surface area contributed by atoms with Crippen molar-refractivity contribution in [3.63, 3.8) is 0 Å². The van der Waals surface area contributed by atoms with Gasteiger partial charge in [-0.2, -0.15) is 0 Å². The summed E-state index contributed by atoms with van der Waals surface area (Å²) in [7, 11) is 3.95. The first-order valence-corrected chi connectivity index (χ1v) is 11.6. The van der Waals surface area contributed by atoms with Crippen LogP contribution in [0.4, 0.5) is 0 Å². The SMILES string of the molecule is COc1ccc2c(c1)c(-c1cncc(-c3ccc(Cl)cc3)c1)cn2CC1CCCN(C)C1. The van der Waals surface area contributed by atoms with Gasteiger partial charge in [-0.15, -0.1) is 0 Å². The fourth-order valence-electron chi connectivity index (χ4n) is 4.87. The van der Waals surface area contributed by atoms with Crippen molar-refractivity contribution in [1.29, 1.82) is 0 Å².